The number of fused-ring (bicyclic) bond motifs is 1. The van der Waals surface area contributed by atoms with Crippen molar-refractivity contribution >= 4 is 32.5 Å². The van der Waals surface area contributed by atoms with Gasteiger partial charge in [-0.05, 0) is 30.3 Å². The molecule has 2 N–H and O–H groups in total. The van der Waals surface area contributed by atoms with Crippen LogP contribution in [0, 0.1) is 23.0 Å². The van der Waals surface area contributed by atoms with E-state index in [1.807, 2.05) is 10.8 Å². The van der Waals surface area contributed by atoms with Gasteiger partial charge in [0.25, 0.3) is 10.0 Å². The standard InChI is InChI=1S/C20H11F2N5O3S/c21-15-3-4-16(27-31(29,30)12-2-1-5-24-9-12)18(22)17(15)19(28)14-10-26-20-13(14)6-11(7-23)8-25-20/h1-6,8-10,27H,(H,25,26). The molecule has 1 aromatic carbocycles. The van der Waals surface area contributed by atoms with Crippen molar-refractivity contribution < 1.29 is 22.0 Å². The van der Waals surface area contributed by atoms with Gasteiger partial charge in [0.1, 0.15) is 22.4 Å². The molecule has 4 aromatic rings. The van der Waals surface area contributed by atoms with Crippen LogP contribution >= 0.6 is 0 Å². The minimum Gasteiger partial charge on any atom is -0.345 e. The number of carbonyl (C=O) groups excluding carboxylic acids is 1. The lowest BCUT2D eigenvalue weighted by atomic mass is 10.0. The molecule has 0 atom stereocenters. The van der Waals surface area contributed by atoms with Crippen molar-refractivity contribution in [2.75, 3.05) is 4.72 Å². The second kappa shape index (κ2) is 7.58. The number of nitrogens with one attached hydrogen (secondary N) is 2. The topological polar surface area (TPSA) is 129 Å². The van der Waals surface area contributed by atoms with E-state index in [0.717, 1.165) is 18.3 Å². The lowest BCUT2D eigenvalue weighted by Gasteiger charge is -2.11. The van der Waals surface area contributed by atoms with Crippen LogP contribution in [0.1, 0.15) is 21.5 Å². The van der Waals surface area contributed by atoms with E-state index in [4.69, 9.17) is 5.26 Å². The molecule has 0 saturated carbocycles. The van der Waals surface area contributed by atoms with Gasteiger partial charge in [-0.15, -0.1) is 0 Å². The van der Waals surface area contributed by atoms with Crippen LogP contribution < -0.4 is 4.72 Å². The first-order valence-corrected chi connectivity index (χ1v) is 10.1. The fourth-order valence-electron chi connectivity index (χ4n) is 2.94. The summed E-state index contributed by atoms with van der Waals surface area (Å²) < 4.78 is 56.4. The summed E-state index contributed by atoms with van der Waals surface area (Å²) in [4.78, 5) is 23.1. The van der Waals surface area contributed by atoms with E-state index >= 15 is 4.39 Å². The molecule has 11 heteroatoms. The molecule has 3 heterocycles. The molecule has 0 aliphatic carbocycles. The van der Waals surface area contributed by atoms with Crippen molar-refractivity contribution in [2.45, 2.75) is 4.90 Å². The second-order valence-electron chi connectivity index (χ2n) is 6.34. The van der Waals surface area contributed by atoms with E-state index in [1.54, 1.807) is 0 Å². The number of benzene rings is 1. The van der Waals surface area contributed by atoms with Crippen LogP contribution in [0.15, 0.2) is 60.0 Å². The number of aromatic amines is 1. The lowest BCUT2D eigenvalue weighted by molar-refractivity contribution is 0.103. The number of nitriles is 1. The Morgan fingerprint density at radius 3 is 2.71 bits per heavy atom. The molecule has 0 radical (unpaired) electrons. The zero-order chi connectivity index (χ0) is 22.2. The van der Waals surface area contributed by atoms with Crippen molar-refractivity contribution in [2.24, 2.45) is 0 Å². The third-order valence-electron chi connectivity index (χ3n) is 4.41. The highest BCUT2D eigenvalue weighted by Crippen LogP contribution is 2.28. The minimum absolute atomic E-state index is 0.121. The van der Waals surface area contributed by atoms with Gasteiger partial charge in [0.05, 0.1) is 16.8 Å². The number of rotatable bonds is 5. The first-order valence-electron chi connectivity index (χ1n) is 8.64. The van der Waals surface area contributed by atoms with Gasteiger partial charge in [0.2, 0.25) is 5.78 Å². The van der Waals surface area contributed by atoms with Gasteiger partial charge >= 0.3 is 0 Å². The first kappa shape index (κ1) is 20.1. The van der Waals surface area contributed by atoms with Crippen LogP contribution in [0.3, 0.4) is 0 Å². The number of carbonyl (C=O) groups is 1. The van der Waals surface area contributed by atoms with Crippen molar-refractivity contribution in [3.05, 3.63) is 83.4 Å². The van der Waals surface area contributed by atoms with Crippen LogP contribution in [0.25, 0.3) is 11.0 Å². The summed E-state index contributed by atoms with van der Waals surface area (Å²) in [6, 6.07) is 7.51. The molecule has 154 valence electrons. The fourth-order valence-corrected chi connectivity index (χ4v) is 3.96. The zero-order valence-electron chi connectivity index (χ0n) is 15.4. The third-order valence-corrected chi connectivity index (χ3v) is 5.76. The first-order chi connectivity index (χ1) is 14.8. The summed E-state index contributed by atoms with van der Waals surface area (Å²) in [6.07, 6.45) is 4.91. The smallest absolute Gasteiger partial charge is 0.263 e. The number of ketones is 1. The van der Waals surface area contributed by atoms with Gasteiger partial charge in [-0.3, -0.25) is 14.5 Å². The Hall–Kier alpha value is -4.17. The Kier molecular flexibility index (Phi) is 4.92. The van der Waals surface area contributed by atoms with Gasteiger partial charge in [-0.1, -0.05) is 0 Å². The number of aromatic nitrogens is 3. The van der Waals surface area contributed by atoms with Crippen LogP contribution in [0.5, 0.6) is 0 Å². The summed E-state index contributed by atoms with van der Waals surface area (Å²) >= 11 is 0. The second-order valence-corrected chi connectivity index (χ2v) is 8.02. The van der Waals surface area contributed by atoms with Crippen molar-refractivity contribution in [3.63, 3.8) is 0 Å². The van der Waals surface area contributed by atoms with Crippen molar-refractivity contribution in [1.29, 1.82) is 5.26 Å². The Morgan fingerprint density at radius 1 is 1.19 bits per heavy atom. The van der Waals surface area contributed by atoms with Crippen molar-refractivity contribution in [3.8, 4) is 6.07 Å². The molecular formula is C20H11F2N5O3S. The monoisotopic (exact) mass is 439 g/mol. The van der Waals surface area contributed by atoms with E-state index in [0.29, 0.717) is 0 Å². The van der Waals surface area contributed by atoms with Gasteiger partial charge < -0.3 is 4.98 Å². The fraction of sp³-hybridized carbons (Fsp3) is 0. The number of pyridine rings is 2. The average Bonchev–Trinajstić information content (AvgIpc) is 3.19. The van der Waals surface area contributed by atoms with Gasteiger partial charge in [-0.25, -0.2) is 22.2 Å². The number of H-pyrrole nitrogens is 1. The molecule has 31 heavy (non-hydrogen) atoms. The number of hydrogen-bond acceptors (Lipinski definition) is 6. The summed E-state index contributed by atoms with van der Waals surface area (Å²) in [5.74, 6) is -3.60. The Balaban J connectivity index is 1.78. The summed E-state index contributed by atoms with van der Waals surface area (Å²) in [5, 5.41) is 9.23. The molecule has 0 aliphatic heterocycles. The molecule has 0 amide bonds. The third kappa shape index (κ3) is 3.60. The minimum atomic E-state index is -4.23. The normalized spacial score (nSPS) is 11.3. The molecule has 0 saturated heterocycles. The maximum atomic E-state index is 15.1. The largest absolute Gasteiger partial charge is 0.345 e. The molecular weight excluding hydrogens is 428 g/mol. The molecule has 0 spiro atoms. The van der Waals surface area contributed by atoms with E-state index in [2.05, 4.69) is 15.0 Å². The Bertz CT molecular complexity index is 1480. The zero-order valence-corrected chi connectivity index (χ0v) is 16.2. The van der Waals surface area contributed by atoms with Gasteiger partial charge in [0.15, 0.2) is 5.82 Å². The van der Waals surface area contributed by atoms with Crippen LogP contribution in [-0.2, 0) is 10.0 Å². The maximum absolute atomic E-state index is 15.1. The number of sulfonamides is 1. The van der Waals surface area contributed by atoms with Gasteiger partial charge in [0, 0.05) is 35.7 Å². The Morgan fingerprint density at radius 2 is 2.00 bits per heavy atom. The molecule has 0 fully saturated rings. The average molecular weight is 439 g/mol. The van der Waals surface area contributed by atoms with E-state index in [-0.39, 0.29) is 27.1 Å². The molecule has 4 rings (SSSR count). The number of nitrogens with zero attached hydrogens (tertiary/aromatic N) is 3. The predicted molar refractivity (Wildman–Crippen MR) is 106 cm³/mol. The highest BCUT2D eigenvalue weighted by atomic mass is 32.2. The molecule has 0 unspecified atom stereocenters. The quantitative estimate of drug-likeness (QED) is 0.460. The van der Waals surface area contributed by atoms with E-state index in [1.165, 1.54) is 36.8 Å². The number of halogens is 2. The van der Waals surface area contributed by atoms with Crippen molar-refractivity contribution in [1.82, 2.24) is 15.0 Å². The van der Waals surface area contributed by atoms with Crippen LogP contribution in [0.2, 0.25) is 0 Å². The SMILES string of the molecule is N#Cc1cnc2[nH]cc(C(=O)c3c(F)ccc(NS(=O)(=O)c4cccnc4)c3F)c2c1. The highest BCUT2D eigenvalue weighted by molar-refractivity contribution is 7.92. The molecule has 0 aliphatic rings. The molecule has 3 aromatic heterocycles. The van der Waals surface area contributed by atoms with Gasteiger partial charge in [-0.2, -0.15) is 5.26 Å². The number of anilines is 1. The highest BCUT2D eigenvalue weighted by Gasteiger charge is 2.26. The maximum Gasteiger partial charge on any atom is 0.263 e. The lowest BCUT2D eigenvalue weighted by Crippen LogP contribution is -2.16. The van der Waals surface area contributed by atoms with Crippen LogP contribution in [0.4, 0.5) is 14.5 Å². The molecule has 8 nitrogen and oxygen atoms in total. The Labute approximate surface area is 174 Å². The van der Waals surface area contributed by atoms with Crippen LogP contribution in [-0.4, -0.2) is 29.2 Å². The number of hydrogen-bond donors (Lipinski definition) is 2. The van der Waals surface area contributed by atoms with E-state index < -0.39 is 38.7 Å². The van der Waals surface area contributed by atoms with E-state index in [9.17, 15) is 17.6 Å². The molecule has 0 bridgehead atoms. The predicted octanol–water partition coefficient (Wildman–Crippen LogP) is 3.14. The summed E-state index contributed by atoms with van der Waals surface area (Å²) in [7, 11) is -4.23. The summed E-state index contributed by atoms with van der Waals surface area (Å²) in [5.41, 5.74) is -1.28. The summed E-state index contributed by atoms with van der Waals surface area (Å²) in [6.45, 7) is 0.